The first-order valence-electron chi connectivity index (χ1n) is 7.18. The van der Waals surface area contributed by atoms with Crippen molar-refractivity contribution in [3.05, 3.63) is 16.1 Å². The summed E-state index contributed by atoms with van der Waals surface area (Å²) in [5, 5.41) is 7.06. The van der Waals surface area contributed by atoms with Gasteiger partial charge in [0.2, 0.25) is 0 Å². The van der Waals surface area contributed by atoms with Crippen LogP contribution >= 0.6 is 11.3 Å². The molecule has 2 fully saturated rings. The highest BCUT2D eigenvalue weighted by Gasteiger charge is 2.28. The molecule has 1 N–H and O–H groups in total. The summed E-state index contributed by atoms with van der Waals surface area (Å²) in [6.07, 6.45) is 5.50. The molecule has 18 heavy (non-hydrogen) atoms. The van der Waals surface area contributed by atoms with Crippen molar-refractivity contribution in [3.8, 4) is 0 Å². The van der Waals surface area contributed by atoms with Crippen LogP contribution in [-0.4, -0.2) is 35.6 Å². The van der Waals surface area contributed by atoms with Crippen LogP contribution in [0.4, 0.5) is 0 Å². The van der Waals surface area contributed by atoms with Gasteiger partial charge in [0, 0.05) is 18.0 Å². The first kappa shape index (κ1) is 12.6. The highest BCUT2D eigenvalue weighted by molar-refractivity contribution is 7.09. The zero-order valence-electron chi connectivity index (χ0n) is 11.2. The first-order valence-corrected chi connectivity index (χ1v) is 8.06. The number of nitrogens with zero attached hydrogens (tertiary/aromatic N) is 2. The van der Waals surface area contributed by atoms with Gasteiger partial charge in [0.25, 0.3) is 0 Å². The normalized spacial score (nSPS) is 26.8. The van der Waals surface area contributed by atoms with Gasteiger partial charge in [-0.15, -0.1) is 11.3 Å². The lowest BCUT2D eigenvalue weighted by Crippen LogP contribution is -2.40. The van der Waals surface area contributed by atoms with Gasteiger partial charge in [0.05, 0.1) is 10.7 Å². The van der Waals surface area contributed by atoms with E-state index >= 15 is 0 Å². The van der Waals surface area contributed by atoms with Crippen molar-refractivity contribution in [2.24, 2.45) is 5.92 Å². The summed E-state index contributed by atoms with van der Waals surface area (Å²) in [5.41, 5.74) is 1.26. The molecule has 0 aliphatic carbocycles. The van der Waals surface area contributed by atoms with Gasteiger partial charge in [-0.05, 0) is 58.2 Å². The Morgan fingerprint density at radius 3 is 2.83 bits per heavy atom. The minimum absolute atomic E-state index is 0.814. The van der Waals surface area contributed by atoms with Crippen LogP contribution < -0.4 is 5.32 Å². The number of thiazole rings is 1. The number of hydrogen-bond donors (Lipinski definition) is 1. The van der Waals surface area contributed by atoms with Crippen molar-refractivity contribution < 1.29 is 0 Å². The van der Waals surface area contributed by atoms with Crippen LogP contribution in [0.2, 0.25) is 0 Å². The van der Waals surface area contributed by atoms with Crippen LogP contribution in [0.15, 0.2) is 5.38 Å². The fourth-order valence-electron chi connectivity index (χ4n) is 3.34. The molecule has 0 saturated carbocycles. The standard InChI is InChI=1S/C14H23N3S/c1-11-16-13(10-18-11)9-17-7-4-12(5-8-17)14-3-2-6-15-14/h10,12,14-15H,2-9H2,1H3. The molecule has 1 aromatic heterocycles. The summed E-state index contributed by atoms with van der Waals surface area (Å²) in [4.78, 5) is 7.14. The van der Waals surface area contributed by atoms with E-state index in [9.17, 15) is 0 Å². The molecule has 1 aromatic rings. The Morgan fingerprint density at radius 1 is 1.39 bits per heavy atom. The number of rotatable bonds is 3. The maximum atomic E-state index is 4.57. The molecular formula is C14H23N3S. The quantitative estimate of drug-likeness (QED) is 0.910. The van der Waals surface area contributed by atoms with Gasteiger partial charge in [-0.2, -0.15) is 0 Å². The minimum atomic E-state index is 0.814. The van der Waals surface area contributed by atoms with Crippen molar-refractivity contribution in [3.63, 3.8) is 0 Å². The summed E-state index contributed by atoms with van der Waals surface area (Å²) >= 11 is 1.77. The van der Waals surface area contributed by atoms with Crippen molar-refractivity contribution in [1.82, 2.24) is 15.2 Å². The molecule has 0 bridgehead atoms. The van der Waals surface area contributed by atoms with E-state index in [2.05, 4.69) is 27.5 Å². The van der Waals surface area contributed by atoms with E-state index in [-0.39, 0.29) is 0 Å². The highest BCUT2D eigenvalue weighted by atomic mass is 32.1. The van der Waals surface area contributed by atoms with Crippen LogP contribution in [0, 0.1) is 12.8 Å². The summed E-state index contributed by atoms with van der Waals surface area (Å²) in [5.74, 6) is 0.918. The number of hydrogen-bond acceptors (Lipinski definition) is 4. The largest absolute Gasteiger partial charge is 0.314 e. The average Bonchev–Trinajstić information content (AvgIpc) is 3.02. The number of piperidine rings is 1. The lowest BCUT2D eigenvalue weighted by molar-refractivity contribution is 0.156. The molecule has 3 rings (SSSR count). The molecule has 0 radical (unpaired) electrons. The van der Waals surface area contributed by atoms with Gasteiger partial charge in [0.15, 0.2) is 0 Å². The molecule has 0 amide bonds. The number of likely N-dealkylation sites (tertiary alicyclic amines) is 1. The Hall–Kier alpha value is -0.450. The Labute approximate surface area is 114 Å². The summed E-state index contributed by atoms with van der Waals surface area (Å²) < 4.78 is 0. The predicted octanol–water partition coefficient (Wildman–Crippen LogP) is 2.42. The van der Waals surface area contributed by atoms with E-state index in [1.807, 2.05) is 0 Å². The van der Waals surface area contributed by atoms with Crippen LogP contribution in [0.25, 0.3) is 0 Å². The summed E-state index contributed by atoms with van der Waals surface area (Å²) in [6, 6.07) is 0.814. The average molecular weight is 265 g/mol. The second-order valence-electron chi connectivity index (χ2n) is 5.67. The molecule has 4 heteroatoms. The molecule has 100 valence electrons. The Bertz CT molecular complexity index is 376. The smallest absolute Gasteiger partial charge is 0.0897 e. The SMILES string of the molecule is Cc1nc(CN2CCC(C3CCCN3)CC2)cs1. The summed E-state index contributed by atoms with van der Waals surface area (Å²) in [6.45, 7) is 6.88. The highest BCUT2D eigenvalue weighted by Crippen LogP contribution is 2.26. The van der Waals surface area contributed by atoms with Gasteiger partial charge in [-0.3, -0.25) is 4.90 Å². The molecule has 2 saturated heterocycles. The monoisotopic (exact) mass is 265 g/mol. The third kappa shape index (κ3) is 2.92. The van der Waals surface area contributed by atoms with E-state index in [0.29, 0.717) is 0 Å². The third-order valence-electron chi connectivity index (χ3n) is 4.35. The molecule has 2 aliphatic rings. The fraction of sp³-hybridized carbons (Fsp3) is 0.786. The molecule has 3 heterocycles. The molecule has 1 atom stereocenters. The lowest BCUT2D eigenvalue weighted by atomic mass is 9.88. The topological polar surface area (TPSA) is 28.2 Å². The maximum absolute atomic E-state index is 4.57. The Balaban J connectivity index is 1.47. The number of aryl methyl sites for hydroxylation is 1. The third-order valence-corrected chi connectivity index (χ3v) is 5.17. The first-order chi connectivity index (χ1) is 8.81. The van der Waals surface area contributed by atoms with Gasteiger partial charge in [-0.25, -0.2) is 4.98 Å². The van der Waals surface area contributed by atoms with Gasteiger partial charge in [0.1, 0.15) is 0 Å². The van der Waals surface area contributed by atoms with Crippen LogP contribution in [-0.2, 0) is 6.54 Å². The van der Waals surface area contributed by atoms with Crippen LogP contribution in [0.5, 0.6) is 0 Å². The zero-order chi connectivity index (χ0) is 12.4. The lowest BCUT2D eigenvalue weighted by Gasteiger charge is -2.34. The van der Waals surface area contributed by atoms with E-state index in [1.54, 1.807) is 11.3 Å². The molecule has 1 unspecified atom stereocenters. The molecule has 3 nitrogen and oxygen atoms in total. The predicted molar refractivity (Wildman–Crippen MR) is 75.9 cm³/mol. The number of aromatic nitrogens is 1. The molecule has 0 aromatic carbocycles. The van der Waals surface area contributed by atoms with Crippen molar-refractivity contribution in [1.29, 1.82) is 0 Å². The Morgan fingerprint density at radius 2 is 2.22 bits per heavy atom. The van der Waals surface area contributed by atoms with Crippen molar-refractivity contribution in [2.45, 2.75) is 45.2 Å². The molecule has 2 aliphatic heterocycles. The Kier molecular flexibility index (Phi) is 3.97. The molecule has 0 spiro atoms. The second kappa shape index (κ2) is 5.68. The van der Waals surface area contributed by atoms with E-state index < -0.39 is 0 Å². The number of nitrogens with one attached hydrogen (secondary N) is 1. The zero-order valence-corrected chi connectivity index (χ0v) is 12.0. The summed E-state index contributed by atoms with van der Waals surface area (Å²) in [7, 11) is 0. The van der Waals surface area contributed by atoms with E-state index in [1.165, 1.54) is 56.0 Å². The second-order valence-corrected chi connectivity index (χ2v) is 6.74. The maximum Gasteiger partial charge on any atom is 0.0897 e. The van der Waals surface area contributed by atoms with Crippen molar-refractivity contribution in [2.75, 3.05) is 19.6 Å². The minimum Gasteiger partial charge on any atom is -0.314 e. The van der Waals surface area contributed by atoms with Gasteiger partial charge in [-0.1, -0.05) is 0 Å². The van der Waals surface area contributed by atoms with Gasteiger partial charge < -0.3 is 5.32 Å². The van der Waals surface area contributed by atoms with Gasteiger partial charge >= 0.3 is 0 Å². The fourth-order valence-corrected chi connectivity index (χ4v) is 3.94. The van der Waals surface area contributed by atoms with Crippen LogP contribution in [0.1, 0.15) is 36.4 Å². The van der Waals surface area contributed by atoms with E-state index in [0.717, 1.165) is 18.5 Å². The van der Waals surface area contributed by atoms with Crippen molar-refractivity contribution >= 4 is 11.3 Å². The van der Waals surface area contributed by atoms with Crippen LogP contribution in [0.3, 0.4) is 0 Å². The molecular weight excluding hydrogens is 242 g/mol. The van der Waals surface area contributed by atoms with E-state index in [4.69, 9.17) is 0 Å².